The number of rotatable bonds is 8. The van der Waals surface area contributed by atoms with E-state index in [1.54, 1.807) is 0 Å². The summed E-state index contributed by atoms with van der Waals surface area (Å²) in [4.78, 5) is 50.8. The van der Waals surface area contributed by atoms with Crippen molar-refractivity contribution < 1.29 is 23.9 Å². The highest BCUT2D eigenvalue weighted by Crippen LogP contribution is 2.26. The van der Waals surface area contributed by atoms with Crippen molar-refractivity contribution in [1.29, 1.82) is 0 Å². The maximum absolute atomic E-state index is 13.3. The highest BCUT2D eigenvalue weighted by molar-refractivity contribution is 5.95. The van der Waals surface area contributed by atoms with Gasteiger partial charge in [-0.15, -0.1) is 0 Å². The number of aryl methyl sites for hydroxylation is 2. The number of carbonyl (C=O) groups excluding carboxylic acids is 4. The van der Waals surface area contributed by atoms with Crippen LogP contribution in [0.15, 0.2) is 78.9 Å². The predicted molar refractivity (Wildman–Crippen MR) is 138 cm³/mol. The minimum absolute atomic E-state index is 0.0295. The molecule has 1 heterocycles. The molecule has 3 amide bonds. The summed E-state index contributed by atoms with van der Waals surface area (Å²) in [5, 5.41) is 3.92. The fraction of sp³-hybridized carbons (Fsp3) is 0.241. The molecule has 0 unspecified atom stereocenters. The Labute approximate surface area is 215 Å². The van der Waals surface area contributed by atoms with Crippen LogP contribution in [-0.4, -0.2) is 41.9 Å². The van der Waals surface area contributed by atoms with Crippen LogP contribution in [0.25, 0.3) is 0 Å². The molecular weight excluding hydrogens is 470 g/mol. The summed E-state index contributed by atoms with van der Waals surface area (Å²) >= 11 is 0. The number of hydrazine groups is 1. The van der Waals surface area contributed by atoms with E-state index in [-0.39, 0.29) is 18.9 Å². The molecule has 8 nitrogen and oxygen atoms in total. The van der Waals surface area contributed by atoms with E-state index in [0.717, 1.165) is 27.3 Å². The first-order valence-corrected chi connectivity index (χ1v) is 12.1. The van der Waals surface area contributed by atoms with Crippen LogP contribution in [-0.2, 0) is 23.9 Å². The molecule has 0 aliphatic carbocycles. The van der Waals surface area contributed by atoms with Crippen molar-refractivity contribution in [3.8, 4) is 0 Å². The lowest BCUT2D eigenvalue weighted by molar-refractivity contribution is -0.151. The fourth-order valence-corrected chi connectivity index (χ4v) is 4.40. The summed E-state index contributed by atoms with van der Waals surface area (Å²) in [5.74, 6) is -3.32. The summed E-state index contributed by atoms with van der Waals surface area (Å²) in [6.45, 7) is 3.26. The number of amides is 3. The third kappa shape index (κ3) is 6.22. The Morgan fingerprint density at radius 2 is 1.46 bits per heavy atom. The average Bonchev–Trinajstić information content (AvgIpc) is 3.26. The Kier molecular flexibility index (Phi) is 7.98. The zero-order chi connectivity index (χ0) is 26.4. The van der Waals surface area contributed by atoms with Crippen molar-refractivity contribution in [2.45, 2.75) is 26.2 Å². The third-order valence-corrected chi connectivity index (χ3v) is 6.32. The van der Waals surface area contributed by atoms with E-state index in [2.05, 4.69) is 10.7 Å². The number of ether oxygens (including phenoxy) is 1. The molecule has 37 heavy (non-hydrogen) atoms. The van der Waals surface area contributed by atoms with E-state index < -0.39 is 36.2 Å². The topological polar surface area (TPSA) is 105 Å². The van der Waals surface area contributed by atoms with Gasteiger partial charge in [0.05, 0.1) is 18.4 Å². The first kappa shape index (κ1) is 25.6. The number of hydrogen-bond donors (Lipinski definition) is 2. The molecule has 8 heteroatoms. The van der Waals surface area contributed by atoms with Gasteiger partial charge in [-0.1, -0.05) is 78.9 Å². The van der Waals surface area contributed by atoms with Crippen molar-refractivity contribution in [2.24, 2.45) is 5.92 Å². The second-order valence-corrected chi connectivity index (χ2v) is 9.06. The van der Waals surface area contributed by atoms with Crippen LogP contribution >= 0.6 is 0 Å². The zero-order valence-electron chi connectivity index (χ0n) is 20.8. The van der Waals surface area contributed by atoms with Crippen LogP contribution in [0.1, 0.15) is 34.6 Å². The molecule has 190 valence electrons. The minimum Gasteiger partial charge on any atom is -0.455 e. The lowest BCUT2D eigenvalue weighted by Crippen LogP contribution is -2.45. The average molecular weight is 500 g/mol. The van der Waals surface area contributed by atoms with Crippen LogP contribution in [0, 0.1) is 19.8 Å². The Balaban J connectivity index is 1.35. The molecule has 1 fully saturated rings. The van der Waals surface area contributed by atoms with Gasteiger partial charge in [-0.2, -0.15) is 0 Å². The van der Waals surface area contributed by atoms with Crippen LogP contribution < -0.4 is 10.7 Å². The van der Waals surface area contributed by atoms with E-state index >= 15 is 0 Å². The van der Waals surface area contributed by atoms with E-state index in [4.69, 9.17) is 4.74 Å². The lowest BCUT2D eigenvalue weighted by Gasteiger charge is -2.23. The van der Waals surface area contributed by atoms with Gasteiger partial charge in [-0.3, -0.25) is 29.6 Å². The Hall–Kier alpha value is -4.46. The monoisotopic (exact) mass is 499 g/mol. The summed E-state index contributed by atoms with van der Waals surface area (Å²) in [6, 6.07) is 24.2. The summed E-state index contributed by atoms with van der Waals surface area (Å²) in [7, 11) is 0. The van der Waals surface area contributed by atoms with Gasteiger partial charge < -0.3 is 10.1 Å². The van der Waals surface area contributed by atoms with Gasteiger partial charge in [0.2, 0.25) is 5.91 Å². The fourth-order valence-electron chi connectivity index (χ4n) is 4.40. The summed E-state index contributed by atoms with van der Waals surface area (Å²) < 4.78 is 5.18. The van der Waals surface area contributed by atoms with Gasteiger partial charge in [0, 0.05) is 12.1 Å². The van der Waals surface area contributed by atoms with Crippen molar-refractivity contribution in [3.05, 3.63) is 101 Å². The van der Waals surface area contributed by atoms with Crippen LogP contribution in [0.2, 0.25) is 0 Å². The molecule has 0 spiro atoms. The van der Waals surface area contributed by atoms with E-state index in [0.29, 0.717) is 5.69 Å². The highest BCUT2D eigenvalue weighted by atomic mass is 16.5. The van der Waals surface area contributed by atoms with Crippen molar-refractivity contribution in [3.63, 3.8) is 0 Å². The largest absolute Gasteiger partial charge is 0.455 e. The predicted octanol–water partition coefficient (Wildman–Crippen LogP) is 3.50. The number of nitrogens with one attached hydrogen (secondary N) is 2. The molecule has 0 bridgehead atoms. The van der Waals surface area contributed by atoms with Gasteiger partial charge in [-0.05, 0) is 36.1 Å². The molecule has 2 N–H and O–H groups in total. The maximum Gasteiger partial charge on any atom is 0.311 e. The molecule has 0 radical (unpaired) electrons. The third-order valence-electron chi connectivity index (χ3n) is 6.32. The molecule has 1 aliphatic heterocycles. The van der Waals surface area contributed by atoms with Crippen LogP contribution in [0.5, 0.6) is 0 Å². The molecule has 3 aromatic carbocycles. The quantitative estimate of drug-likeness (QED) is 0.462. The first-order valence-electron chi connectivity index (χ1n) is 12.1. The zero-order valence-corrected chi connectivity index (χ0v) is 20.8. The Bertz CT molecular complexity index is 1230. The lowest BCUT2D eigenvalue weighted by atomic mass is 9.91. The van der Waals surface area contributed by atoms with Gasteiger partial charge in [0.1, 0.15) is 0 Å². The van der Waals surface area contributed by atoms with Crippen molar-refractivity contribution in [2.75, 3.05) is 18.5 Å². The normalized spacial score (nSPS) is 14.9. The van der Waals surface area contributed by atoms with Crippen LogP contribution in [0.3, 0.4) is 0 Å². The van der Waals surface area contributed by atoms with Gasteiger partial charge >= 0.3 is 5.97 Å². The number of anilines is 1. The number of para-hydroxylation sites is 1. The van der Waals surface area contributed by atoms with Crippen molar-refractivity contribution >= 4 is 29.4 Å². The molecule has 1 atom stereocenters. The van der Waals surface area contributed by atoms with Gasteiger partial charge in [-0.25, -0.2) is 0 Å². The number of nitrogens with zero attached hydrogens (tertiary/aromatic N) is 1. The Morgan fingerprint density at radius 3 is 2.03 bits per heavy atom. The number of benzene rings is 3. The summed E-state index contributed by atoms with van der Waals surface area (Å²) in [5.41, 5.74) is 6.72. The molecule has 1 saturated heterocycles. The Morgan fingerprint density at radius 1 is 0.892 bits per heavy atom. The molecule has 1 aliphatic rings. The summed E-state index contributed by atoms with van der Waals surface area (Å²) in [6.07, 6.45) is -0.112. The van der Waals surface area contributed by atoms with E-state index in [1.807, 2.05) is 92.7 Å². The second kappa shape index (κ2) is 11.5. The second-order valence-electron chi connectivity index (χ2n) is 9.06. The van der Waals surface area contributed by atoms with Crippen molar-refractivity contribution in [1.82, 2.24) is 10.4 Å². The van der Waals surface area contributed by atoms with E-state index in [1.165, 1.54) is 0 Å². The maximum atomic E-state index is 13.3. The molecule has 0 aromatic heterocycles. The highest BCUT2D eigenvalue weighted by Gasteiger charge is 2.37. The molecule has 3 aromatic rings. The SMILES string of the molecule is Cc1cccc(C)c1NC(=O)COC(=O)[C@H]1CC(=O)N(NC(=O)C(c2ccccc2)c2ccccc2)C1. The number of esters is 1. The minimum atomic E-state index is -0.785. The smallest absolute Gasteiger partial charge is 0.311 e. The van der Waals surface area contributed by atoms with Gasteiger partial charge in [0.25, 0.3) is 11.8 Å². The standard InChI is InChI=1S/C29H29N3O5/c1-19-10-9-11-20(2)27(19)30-24(33)18-37-29(36)23-16-25(34)32(17-23)31-28(35)26(21-12-5-3-6-13-21)22-14-7-4-8-15-22/h3-15,23,26H,16-18H2,1-2H3,(H,30,33)(H,31,35)/t23-/m0/s1. The first-order chi connectivity index (χ1) is 17.8. The van der Waals surface area contributed by atoms with Gasteiger partial charge in [0.15, 0.2) is 6.61 Å². The van der Waals surface area contributed by atoms with Crippen LogP contribution in [0.4, 0.5) is 5.69 Å². The number of carbonyl (C=O) groups is 4. The van der Waals surface area contributed by atoms with E-state index in [9.17, 15) is 19.2 Å². The molecule has 0 saturated carbocycles. The number of hydrogen-bond acceptors (Lipinski definition) is 5. The molecule has 4 rings (SSSR count). The molecular formula is C29H29N3O5.